The molecule has 28 heavy (non-hydrogen) atoms. The highest BCUT2D eigenvalue weighted by molar-refractivity contribution is 6.32. The van der Waals surface area contributed by atoms with E-state index < -0.39 is 0 Å². The summed E-state index contributed by atoms with van der Waals surface area (Å²) in [7, 11) is 3.12. The first-order valence-corrected chi connectivity index (χ1v) is 9.02. The van der Waals surface area contributed by atoms with Crippen molar-refractivity contribution in [3.8, 4) is 11.5 Å². The van der Waals surface area contributed by atoms with E-state index in [1.807, 2.05) is 13.8 Å². The molecule has 0 aliphatic rings. The summed E-state index contributed by atoms with van der Waals surface area (Å²) in [6.07, 6.45) is 1.53. The molecule has 0 saturated carbocycles. The summed E-state index contributed by atoms with van der Waals surface area (Å²) < 4.78 is 10.7. The van der Waals surface area contributed by atoms with Crippen molar-refractivity contribution in [3.05, 3.63) is 52.2 Å². The van der Waals surface area contributed by atoms with Gasteiger partial charge in [-0.15, -0.1) is 5.10 Å². The number of methoxy groups -OCH3 is 2. The van der Waals surface area contributed by atoms with E-state index in [9.17, 15) is 0 Å². The number of rotatable bonds is 6. The highest BCUT2D eigenvalue weighted by atomic mass is 35.5. The summed E-state index contributed by atoms with van der Waals surface area (Å²) in [5.74, 6) is 1.97. The van der Waals surface area contributed by atoms with Crippen LogP contribution in [0.1, 0.15) is 16.7 Å². The normalized spacial score (nSPS) is 10.5. The zero-order chi connectivity index (χ0) is 20.3. The number of benzene rings is 2. The molecule has 0 aliphatic carbocycles. The van der Waals surface area contributed by atoms with Crippen molar-refractivity contribution in [1.82, 2.24) is 15.2 Å². The number of halogens is 1. The fraction of sp³-hybridized carbons (Fsp3) is 0.250. The van der Waals surface area contributed by atoms with Crippen LogP contribution in [0.25, 0.3) is 0 Å². The van der Waals surface area contributed by atoms with E-state index in [0.717, 1.165) is 16.8 Å². The average Bonchev–Trinajstić information content (AvgIpc) is 2.66. The first-order valence-electron chi connectivity index (χ1n) is 8.64. The van der Waals surface area contributed by atoms with Gasteiger partial charge in [0.2, 0.25) is 5.95 Å². The molecule has 0 amide bonds. The standard InChI is InChI=1S/C20H22ClN5O2/c1-11-6-12(2)19(13(3)7-11)25-20-24-18(10-22-26-20)23-15-9-16(27-4)14(21)8-17(15)28-5/h6-10H,1-5H3,(H2,23,24,25,26). The summed E-state index contributed by atoms with van der Waals surface area (Å²) in [6, 6.07) is 7.63. The van der Waals surface area contributed by atoms with Crippen molar-refractivity contribution in [3.63, 3.8) is 0 Å². The van der Waals surface area contributed by atoms with E-state index in [1.165, 1.54) is 11.8 Å². The Hall–Kier alpha value is -3.06. The molecule has 2 aromatic carbocycles. The SMILES string of the molecule is COc1cc(Nc2cnnc(Nc3c(C)cc(C)cc3C)n2)c(OC)cc1Cl. The van der Waals surface area contributed by atoms with Crippen LogP contribution in [0.2, 0.25) is 5.02 Å². The van der Waals surface area contributed by atoms with Crippen molar-refractivity contribution < 1.29 is 9.47 Å². The monoisotopic (exact) mass is 399 g/mol. The molecule has 0 atom stereocenters. The van der Waals surface area contributed by atoms with Crippen molar-refractivity contribution in [2.75, 3.05) is 24.9 Å². The van der Waals surface area contributed by atoms with Crippen LogP contribution >= 0.6 is 11.6 Å². The van der Waals surface area contributed by atoms with Gasteiger partial charge < -0.3 is 20.1 Å². The third-order valence-electron chi connectivity index (χ3n) is 4.21. The lowest BCUT2D eigenvalue weighted by molar-refractivity contribution is 0.405. The summed E-state index contributed by atoms with van der Waals surface area (Å²) in [5, 5.41) is 15.0. The first-order chi connectivity index (χ1) is 13.4. The molecule has 0 aliphatic heterocycles. The Morgan fingerprint density at radius 3 is 2.21 bits per heavy atom. The molecule has 0 spiro atoms. The van der Waals surface area contributed by atoms with Crippen LogP contribution in [0.3, 0.4) is 0 Å². The van der Waals surface area contributed by atoms with Crippen LogP contribution in [0.5, 0.6) is 11.5 Å². The summed E-state index contributed by atoms with van der Waals surface area (Å²) in [5.41, 5.74) is 5.05. The number of nitrogens with zero attached hydrogens (tertiary/aromatic N) is 3. The minimum Gasteiger partial charge on any atom is -0.495 e. The Labute approximate surface area is 169 Å². The van der Waals surface area contributed by atoms with Crippen LogP contribution in [0.4, 0.5) is 23.1 Å². The molecule has 1 aromatic heterocycles. The van der Waals surface area contributed by atoms with Crippen LogP contribution in [-0.4, -0.2) is 29.4 Å². The predicted molar refractivity (Wildman–Crippen MR) is 112 cm³/mol. The van der Waals surface area contributed by atoms with Gasteiger partial charge in [0.05, 0.1) is 31.1 Å². The molecule has 0 radical (unpaired) electrons. The van der Waals surface area contributed by atoms with Crippen molar-refractivity contribution >= 4 is 34.7 Å². The number of hydrogen-bond donors (Lipinski definition) is 2. The lowest BCUT2D eigenvalue weighted by Crippen LogP contribution is -2.05. The lowest BCUT2D eigenvalue weighted by Gasteiger charge is -2.15. The van der Waals surface area contributed by atoms with Gasteiger partial charge in [0, 0.05) is 17.8 Å². The van der Waals surface area contributed by atoms with E-state index in [1.54, 1.807) is 26.4 Å². The smallest absolute Gasteiger partial charge is 0.249 e. The van der Waals surface area contributed by atoms with Gasteiger partial charge in [-0.1, -0.05) is 29.3 Å². The zero-order valence-electron chi connectivity index (χ0n) is 16.4. The largest absolute Gasteiger partial charge is 0.495 e. The number of ether oxygens (including phenoxy) is 2. The number of anilines is 4. The van der Waals surface area contributed by atoms with Gasteiger partial charge in [-0.2, -0.15) is 10.1 Å². The molecular weight excluding hydrogens is 378 g/mol. The summed E-state index contributed by atoms with van der Waals surface area (Å²) in [4.78, 5) is 4.50. The highest BCUT2D eigenvalue weighted by Gasteiger charge is 2.12. The fourth-order valence-corrected chi connectivity index (χ4v) is 3.23. The molecule has 0 bridgehead atoms. The second kappa shape index (κ2) is 8.31. The first kappa shape index (κ1) is 19.7. The highest BCUT2D eigenvalue weighted by Crippen LogP contribution is 2.37. The van der Waals surface area contributed by atoms with E-state index in [2.05, 4.69) is 44.9 Å². The van der Waals surface area contributed by atoms with Crippen molar-refractivity contribution in [1.29, 1.82) is 0 Å². The quantitative estimate of drug-likeness (QED) is 0.606. The Bertz CT molecular complexity index is 987. The van der Waals surface area contributed by atoms with Gasteiger partial charge >= 0.3 is 0 Å². The number of aryl methyl sites for hydroxylation is 3. The molecule has 1 heterocycles. The predicted octanol–water partition coefficient (Wildman–Crippen LogP) is 4.95. The Balaban J connectivity index is 1.89. The molecular formula is C20H22ClN5O2. The van der Waals surface area contributed by atoms with E-state index in [0.29, 0.717) is 34.0 Å². The van der Waals surface area contributed by atoms with Crippen LogP contribution in [-0.2, 0) is 0 Å². The van der Waals surface area contributed by atoms with Crippen molar-refractivity contribution in [2.45, 2.75) is 20.8 Å². The summed E-state index contributed by atoms with van der Waals surface area (Å²) in [6.45, 7) is 6.16. The van der Waals surface area contributed by atoms with Crippen LogP contribution in [0, 0.1) is 20.8 Å². The Kier molecular flexibility index (Phi) is 5.84. The van der Waals surface area contributed by atoms with Gasteiger partial charge in [-0.3, -0.25) is 0 Å². The van der Waals surface area contributed by atoms with Crippen molar-refractivity contribution in [2.24, 2.45) is 0 Å². The zero-order valence-corrected chi connectivity index (χ0v) is 17.2. The molecule has 0 unspecified atom stereocenters. The Morgan fingerprint density at radius 2 is 1.57 bits per heavy atom. The third kappa shape index (κ3) is 4.26. The maximum atomic E-state index is 6.16. The molecule has 3 aromatic rings. The summed E-state index contributed by atoms with van der Waals surface area (Å²) >= 11 is 6.16. The Morgan fingerprint density at radius 1 is 0.893 bits per heavy atom. The van der Waals surface area contributed by atoms with Gasteiger partial charge in [-0.05, 0) is 31.9 Å². The lowest BCUT2D eigenvalue weighted by atomic mass is 10.1. The van der Waals surface area contributed by atoms with E-state index in [4.69, 9.17) is 21.1 Å². The minimum atomic E-state index is 0.389. The second-order valence-electron chi connectivity index (χ2n) is 6.38. The van der Waals surface area contributed by atoms with Gasteiger partial charge in [0.25, 0.3) is 0 Å². The molecule has 2 N–H and O–H groups in total. The van der Waals surface area contributed by atoms with Crippen LogP contribution in [0.15, 0.2) is 30.5 Å². The molecule has 7 nitrogen and oxygen atoms in total. The number of hydrogen-bond acceptors (Lipinski definition) is 7. The van der Waals surface area contributed by atoms with E-state index in [-0.39, 0.29) is 0 Å². The van der Waals surface area contributed by atoms with Gasteiger partial charge in [0.15, 0.2) is 5.82 Å². The van der Waals surface area contributed by atoms with Crippen LogP contribution < -0.4 is 20.1 Å². The maximum Gasteiger partial charge on any atom is 0.249 e. The molecule has 146 valence electrons. The van der Waals surface area contributed by atoms with Gasteiger partial charge in [0.1, 0.15) is 11.5 Å². The molecule has 8 heteroatoms. The number of nitrogens with one attached hydrogen (secondary N) is 2. The molecule has 0 fully saturated rings. The fourth-order valence-electron chi connectivity index (χ4n) is 3.00. The van der Waals surface area contributed by atoms with E-state index >= 15 is 0 Å². The van der Waals surface area contributed by atoms with Gasteiger partial charge in [-0.25, -0.2) is 0 Å². The third-order valence-corrected chi connectivity index (χ3v) is 4.50. The maximum absolute atomic E-state index is 6.16. The molecule has 3 rings (SSSR count). The molecule has 0 saturated heterocycles. The average molecular weight is 400 g/mol. The minimum absolute atomic E-state index is 0.389. The second-order valence-corrected chi connectivity index (χ2v) is 6.78. The number of aromatic nitrogens is 3. The topological polar surface area (TPSA) is 81.2 Å².